The maximum atomic E-state index is 8.70. The summed E-state index contributed by atoms with van der Waals surface area (Å²) in [4.78, 5) is 0. The third-order valence-corrected chi connectivity index (χ3v) is 3.21. The molecule has 20 heavy (non-hydrogen) atoms. The number of nitrogens with zero attached hydrogens (tertiary/aromatic N) is 1. The molecule has 2 rings (SSSR count). The van der Waals surface area contributed by atoms with Crippen molar-refractivity contribution >= 4 is 11.5 Å². The van der Waals surface area contributed by atoms with Gasteiger partial charge in [0.1, 0.15) is 0 Å². The molecule has 4 nitrogen and oxygen atoms in total. The monoisotopic (exact) mass is 269 g/mol. The second-order valence-corrected chi connectivity index (χ2v) is 4.86. The SMILES string of the molecule is Cc1ccc(C)c(NCc2cccc(C(N)=NO)c2)c1. The number of aryl methyl sites for hydroxylation is 2. The summed E-state index contributed by atoms with van der Waals surface area (Å²) in [6, 6.07) is 14.0. The van der Waals surface area contributed by atoms with Gasteiger partial charge < -0.3 is 16.3 Å². The molecule has 0 unspecified atom stereocenters. The maximum Gasteiger partial charge on any atom is 0.170 e. The van der Waals surface area contributed by atoms with Gasteiger partial charge in [0.05, 0.1) is 0 Å². The second-order valence-electron chi connectivity index (χ2n) is 4.86. The lowest BCUT2D eigenvalue weighted by molar-refractivity contribution is 0.318. The van der Waals surface area contributed by atoms with E-state index < -0.39 is 0 Å². The summed E-state index contributed by atoms with van der Waals surface area (Å²) in [6.45, 7) is 4.84. The molecule has 0 bridgehead atoms. The van der Waals surface area contributed by atoms with Crippen LogP contribution in [0.15, 0.2) is 47.6 Å². The van der Waals surface area contributed by atoms with Gasteiger partial charge in [0, 0.05) is 17.8 Å². The second kappa shape index (κ2) is 6.10. The van der Waals surface area contributed by atoms with Gasteiger partial charge in [-0.15, -0.1) is 0 Å². The Bertz CT molecular complexity index is 635. The Morgan fingerprint density at radius 3 is 2.75 bits per heavy atom. The van der Waals surface area contributed by atoms with Gasteiger partial charge in [-0.2, -0.15) is 0 Å². The first-order valence-corrected chi connectivity index (χ1v) is 6.48. The van der Waals surface area contributed by atoms with Gasteiger partial charge in [-0.05, 0) is 42.7 Å². The van der Waals surface area contributed by atoms with Crippen LogP contribution in [0.3, 0.4) is 0 Å². The molecule has 0 heterocycles. The van der Waals surface area contributed by atoms with Gasteiger partial charge in [-0.3, -0.25) is 0 Å². The lowest BCUT2D eigenvalue weighted by atomic mass is 10.1. The Hall–Kier alpha value is -2.49. The summed E-state index contributed by atoms with van der Waals surface area (Å²) < 4.78 is 0. The summed E-state index contributed by atoms with van der Waals surface area (Å²) in [5, 5.41) is 15.1. The van der Waals surface area contributed by atoms with Crippen LogP contribution in [0.4, 0.5) is 5.69 Å². The van der Waals surface area contributed by atoms with Crippen molar-refractivity contribution in [2.24, 2.45) is 10.9 Å². The standard InChI is InChI=1S/C16H19N3O/c1-11-6-7-12(2)15(8-11)18-10-13-4-3-5-14(9-13)16(17)19-20/h3-9,18,20H,10H2,1-2H3,(H2,17,19). The first-order chi connectivity index (χ1) is 9.60. The summed E-state index contributed by atoms with van der Waals surface area (Å²) in [6.07, 6.45) is 0. The molecule has 0 radical (unpaired) electrons. The van der Waals surface area contributed by atoms with Crippen LogP contribution >= 0.6 is 0 Å². The zero-order valence-electron chi connectivity index (χ0n) is 11.7. The number of anilines is 1. The first kappa shape index (κ1) is 13.9. The number of nitrogens with two attached hydrogens (primary N) is 1. The number of hydrogen-bond donors (Lipinski definition) is 3. The molecule has 2 aromatic carbocycles. The molecule has 0 spiro atoms. The third kappa shape index (κ3) is 3.29. The van der Waals surface area contributed by atoms with Crippen LogP contribution in [-0.2, 0) is 6.54 Å². The highest BCUT2D eigenvalue weighted by atomic mass is 16.4. The molecule has 0 aliphatic rings. The van der Waals surface area contributed by atoms with E-state index in [-0.39, 0.29) is 5.84 Å². The van der Waals surface area contributed by atoms with E-state index in [0.717, 1.165) is 11.3 Å². The van der Waals surface area contributed by atoms with E-state index in [2.05, 4.69) is 42.5 Å². The van der Waals surface area contributed by atoms with Gasteiger partial charge in [-0.25, -0.2) is 0 Å². The zero-order chi connectivity index (χ0) is 14.5. The first-order valence-electron chi connectivity index (χ1n) is 6.48. The van der Waals surface area contributed by atoms with Crippen molar-refractivity contribution in [1.29, 1.82) is 0 Å². The Kier molecular flexibility index (Phi) is 4.25. The Morgan fingerprint density at radius 2 is 2.00 bits per heavy atom. The van der Waals surface area contributed by atoms with E-state index >= 15 is 0 Å². The molecule has 0 aliphatic heterocycles. The van der Waals surface area contributed by atoms with Gasteiger partial charge in [0.15, 0.2) is 5.84 Å². The number of hydrogen-bond acceptors (Lipinski definition) is 3. The molecule has 4 heteroatoms. The van der Waals surface area contributed by atoms with E-state index in [1.807, 2.05) is 24.3 Å². The lowest BCUT2D eigenvalue weighted by Gasteiger charge is -2.11. The minimum atomic E-state index is 0.124. The number of amidine groups is 1. The van der Waals surface area contributed by atoms with Crippen LogP contribution in [0.1, 0.15) is 22.3 Å². The molecule has 0 saturated heterocycles. The van der Waals surface area contributed by atoms with Crippen molar-refractivity contribution in [3.63, 3.8) is 0 Å². The molecule has 0 amide bonds. The van der Waals surface area contributed by atoms with Gasteiger partial charge in [0.25, 0.3) is 0 Å². The third-order valence-electron chi connectivity index (χ3n) is 3.21. The highest BCUT2D eigenvalue weighted by molar-refractivity contribution is 5.97. The highest BCUT2D eigenvalue weighted by Gasteiger charge is 2.02. The molecule has 0 aromatic heterocycles. The van der Waals surface area contributed by atoms with Crippen LogP contribution in [0.25, 0.3) is 0 Å². The average molecular weight is 269 g/mol. The molecule has 0 fully saturated rings. The quantitative estimate of drug-likeness (QED) is 0.346. The minimum absolute atomic E-state index is 0.124. The van der Waals surface area contributed by atoms with Crippen molar-refractivity contribution < 1.29 is 5.21 Å². The average Bonchev–Trinajstić information content (AvgIpc) is 2.47. The smallest absolute Gasteiger partial charge is 0.170 e. The summed E-state index contributed by atoms with van der Waals surface area (Å²) >= 11 is 0. The van der Waals surface area contributed by atoms with Gasteiger partial charge >= 0.3 is 0 Å². The Labute approximate surface area is 118 Å². The van der Waals surface area contributed by atoms with Crippen LogP contribution in [-0.4, -0.2) is 11.0 Å². The van der Waals surface area contributed by atoms with E-state index in [4.69, 9.17) is 10.9 Å². The van der Waals surface area contributed by atoms with Crippen molar-refractivity contribution in [2.75, 3.05) is 5.32 Å². The van der Waals surface area contributed by atoms with E-state index in [1.165, 1.54) is 11.1 Å². The number of nitrogens with one attached hydrogen (secondary N) is 1. The van der Waals surface area contributed by atoms with E-state index in [0.29, 0.717) is 12.1 Å². The van der Waals surface area contributed by atoms with Crippen LogP contribution in [0.2, 0.25) is 0 Å². The van der Waals surface area contributed by atoms with Gasteiger partial charge in [0.2, 0.25) is 0 Å². The number of rotatable bonds is 4. The van der Waals surface area contributed by atoms with Crippen LogP contribution in [0.5, 0.6) is 0 Å². The van der Waals surface area contributed by atoms with Crippen molar-refractivity contribution in [2.45, 2.75) is 20.4 Å². The van der Waals surface area contributed by atoms with Crippen LogP contribution < -0.4 is 11.1 Å². The molecular weight excluding hydrogens is 250 g/mol. The summed E-state index contributed by atoms with van der Waals surface area (Å²) in [5.41, 5.74) is 10.9. The molecule has 2 aromatic rings. The summed E-state index contributed by atoms with van der Waals surface area (Å²) in [5.74, 6) is 0.124. The predicted molar refractivity (Wildman–Crippen MR) is 82.2 cm³/mol. The van der Waals surface area contributed by atoms with Gasteiger partial charge in [-0.1, -0.05) is 35.5 Å². The fourth-order valence-corrected chi connectivity index (χ4v) is 2.02. The fraction of sp³-hybridized carbons (Fsp3) is 0.188. The minimum Gasteiger partial charge on any atom is -0.409 e. The summed E-state index contributed by atoms with van der Waals surface area (Å²) in [7, 11) is 0. The zero-order valence-corrected chi connectivity index (χ0v) is 11.7. The lowest BCUT2D eigenvalue weighted by Crippen LogP contribution is -2.13. The van der Waals surface area contributed by atoms with Crippen molar-refractivity contribution in [3.05, 3.63) is 64.7 Å². The van der Waals surface area contributed by atoms with E-state index in [9.17, 15) is 0 Å². The molecular formula is C16H19N3O. The van der Waals surface area contributed by atoms with E-state index in [1.54, 1.807) is 0 Å². The normalized spacial score (nSPS) is 11.4. The topological polar surface area (TPSA) is 70.6 Å². The molecule has 104 valence electrons. The predicted octanol–water partition coefficient (Wildman–Crippen LogP) is 3.01. The van der Waals surface area contributed by atoms with Crippen LogP contribution in [0, 0.1) is 13.8 Å². The van der Waals surface area contributed by atoms with Crippen molar-refractivity contribution in [3.8, 4) is 0 Å². The Balaban J connectivity index is 2.13. The molecule has 4 N–H and O–H groups in total. The number of oxime groups is 1. The van der Waals surface area contributed by atoms with Crippen molar-refractivity contribution in [1.82, 2.24) is 0 Å². The maximum absolute atomic E-state index is 8.70. The highest BCUT2D eigenvalue weighted by Crippen LogP contribution is 2.17. The fourth-order valence-electron chi connectivity index (χ4n) is 2.02. The number of benzene rings is 2. The molecule has 0 atom stereocenters. The largest absolute Gasteiger partial charge is 0.409 e. The molecule has 0 saturated carbocycles. The Morgan fingerprint density at radius 1 is 1.20 bits per heavy atom. The molecule has 0 aliphatic carbocycles.